The van der Waals surface area contributed by atoms with Gasteiger partial charge in [0.1, 0.15) is 17.7 Å². The van der Waals surface area contributed by atoms with Gasteiger partial charge in [-0.25, -0.2) is 9.37 Å². The summed E-state index contributed by atoms with van der Waals surface area (Å²) in [6.45, 7) is 0. The van der Waals surface area contributed by atoms with Crippen LogP contribution in [-0.4, -0.2) is 15.9 Å². The van der Waals surface area contributed by atoms with Gasteiger partial charge in [-0.3, -0.25) is 9.78 Å². The molecule has 0 aliphatic heterocycles. The molecule has 0 aliphatic rings. The second-order valence-electron chi connectivity index (χ2n) is 5.30. The van der Waals surface area contributed by atoms with Crippen molar-refractivity contribution in [2.75, 3.05) is 5.32 Å². The van der Waals surface area contributed by atoms with Crippen LogP contribution in [0.25, 0.3) is 11.3 Å². The van der Waals surface area contributed by atoms with Crippen molar-refractivity contribution in [3.63, 3.8) is 0 Å². The summed E-state index contributed by atoms with van der Waals surface area (Å²) in [7, 11) is 0. The molecular weight excluding hydrogens is 343 g/mol. The van der Waals surface area contributed by atoms with E-state index in [4.69, 9.17) is 17.3 Å². The lowest BCUT2D eigenvalue weighted by Gasteiger charge is -2.16. The van der Waals surface area contributed by atoms with Gasteiger partial charge in [-0.15, -0.1) is 0 Å². The maximum Gasteiger partial charge on any atom is 0.244 e. The molecule has 0 saturated carbocycles. The predicted octanol–water partition coefficient (Wildman–Crippen LogP) is 3.57. The molecule has 126 valence electrons. The Balaban J connectivity index is 1.93. The topological polar surface area (TPSA) is 80.9 Å². The van der Waals surface area contributed by atoms with Crippen LogP contribution in [0.15, 0.2) is 60.9 Å². The molecule has 0 bridgehead atoms. The van der Waals surface area contributed by atoms with Crippen LogP contribution in [0.2, 0.25) is 5.02 Å². The lowest BCUT2D eigenvalue weighted by Crippen LogP contribution is -2.28. The molecule has 1 aromatic heterocycles. The molecule has 3 aromatic rings. The Bertz CT molecular complexity index is 905. The SMILES string of the molecule is NC(=O)C(Nc1cncc(-c2cc(Cl)ccc2F)n1)c1ccccc1. The second-order valence-corrected chi connectivity index (χ2v) is 5.74. The first-order valence-corrected chi connectivity index (χ1v) is 7.80. The molecule has 0 aliphatic carbocycles. The minimum absolute atomic E-state index is 0.221. The minimum Gasteiger partial charge on any atom is -0.368 e. The van der Waals surface area contributed by atoms with Gasteiger partial charge in [0.2, 0.25) is 5.91 Å². The van der Waals surface area contributed by atoms with Gasteiger partial charge in [0.25, 0.3) is 0 Å². The number of halogens is 2. The minimum atomic E-state index is -0.782. The van der Waals surface area contributed by atoms with Crippen molar-refractivity contribution >= 4 is 23.3 Å². The van der Waals surface area contributed by atoms with E-state index in [0.29, 0.717) is 22.1 Å². The van der Waals surface area contributed by atoms with E-state index in [1.54, 1.807) is 24.3 Å². The average Bonchev–Trinajstić information content (AvgIpc) is 2.62. The van der Waals surface area contributed by atoms with Gasteiger partial charge in [-0.2, -0.15) is 0 Å². The zero-order valence-corrected chi connectivity index (χ0v) is 13.7. The Labute approximate surface area is 148 Å². The third-order valence-corrected chi connectivity index (χ3v) is 3.78. The van der Waals surface area contributed by atoms with Gasteiger partial charge in [-0.1, -0.05) is 41.9 Å². The zero-order valence-electron chi connectivity index (χ0n) is 13.0. The molecule has 0 saturated heterocycles. The van der Waals surface area contributed by atoms with Crippen LogP contribution < -0.4 is 11.1 Å². The van der Waals surface area contributed by atoms with Gasteiger partial charge in [0.05, 0.1) is 18.1 Å². The highest BCUT2D eigenvalue weighted by atomic mass is 35.5. The van der Waals surface area contributed by atoms with Crippen molar-refractivity contribution in [3.8, 4) is 11.3 Å². The van der Waals surface area contributed by atoms with Crippen LogP contribution in [0.4, 0.5) is 10.2 Å². The van der Waals surface area contributed by atoms with E-state index in [2.05, 4.69) is 15.3 Å². The van der Waals surface area contributed by atoms with Gasteiger partial charge in [0, 0.05) is 10.6 Å². The van der Waals surface area contributed by atoms with E-state index in [1.165, 1.54) is 30.6 Å². The van der Waals surface area contributed by atoms with Crippen molar-refractivity contribution in [3.05, 3.63) is 77.3 Å². The Morgan fingerprint density at radius 2 is 1.92 bits per heavy atom. The van der Waals surface area contributed by atoms with Gasteiger partial charge in [0.15, 0.2) is 0 Å². The largest absolute Gasteiger partial charge is 0.368 e. The fraction of sp³-hybridized carbons (Fsp3) is 0.0556. The number of benzene rings is 2. The first-order valence-electron chi connectivity index (χ1n) is 7.43. The number of anilines is 1. The molecule has 3 rings (SSSR count). The lowest BCUT2D eigenvalue weighted by atomic mass is 10.1. The summed E-state index contributed by atoms with van der Waals surface area (Å²) in [5.41, 5.74) is 6.69. The molecule has 25 heavy (non-hydrogen) atoms. The molecule has 0 fully saturated rings. The van der Waals surface area contributed by atoms with Crippen molar-refractivity contribution in [2.24, 2.45) is 5.73 Å². The summed E-state index contributed by atoms with van der Waals surface area (Å²) in [5.74, 6) is -0.734. The predicted molar refractivity (Wildman–Crippen MR) is 94.4 cm³/mol. The zero-order chi connectivity index (χ0) is 17.8. The first-order chi connectivity index (χ1) is 12.0. The Morgan fingerprint density at radius 1 is 1.16 bits per heavy atom. The van der Waals surface area contributed by atoms with Crippen molar-refractivity contribution < 1.29 is 9.18 Å². The highest BCUT2D eigenvalue weighted by molar-refractivity contribution is 6.30. The van der Waals surface area contributed by atoms with E-state index in [1.807, 2.05) is 6.07 Å². The lowest BCUT2D eigenvalue weighted by molar-refractivity contribution is -0.118. The molecular formula is C18H14ClFN4O. The number of nitrogens with two attached hydrogens (primary N) is 1. The number of amides is 1. The summed E-state index contributed by atoms with van der Waals surface area (Å²) < 4.78 is 14.0. The third-order valence-electron chi connectivity index (χ3n) is 3.55. The third kappa shape index (κ3) is 3.92. The van der Waals surface area contributed by atoms with Gasteiger partial charge in [-0.05, 0) is 23.8 Å². The van der Waals surface area contributed by atoms with Gasteiger partial charge >= 0.3 is 0 Å². The summed E-state index contributed by atoms with van der Waals surface area (Å²) in [6, 6.07) is 12.4. The monoisotopic (exact) mass is 356 g/mol. The van der Waals surface area contributed by atoms with E-state index < -0.39 is 17.8 Å². The van der Waals surface area contributed by atoms with Crippen LogP contribution in [0, 0.1) is 5.82 Å². The van der Waals surface area contributed by atoms with E-state index in [0.717, 1.165) is 0 Å². The van der Waals surface area contributed by atoms with Crippen molar-refractivity contribution in [2.45, 2.75) is 6.04 Å². The molecule has 1 amide bonds. The molecule has 1 atom stereocenters. The highest BCUT2D eigenvalue weighted by Crippen LogP contribution is 2.26. The maximum atomic E-state index is 14.0. The number of primary amides is 1. The molecule has 1 unspecified atom stereocenters. The Morgan fingerprint density at radius 3 is 2.64 bits per heavy atom. The van der Waals surface area contributed by atoms with E-state index in [-0.39, 0.29) is 5.56 Å². The van der Waals surface area contributed by atoms with Crippen LogP contribution in [0.5, 0.6) is 0 Å². The van der Waals surface area contributed by atoms with E-state index in [9.17, 15) is 9.18 Å². The van der Waals surface area contributed by atoms with Gasteiger partial charge < -0.3 is 11.1 Å². The van der Waals surface area contributed by atoms with Crippen LogP contribution in [0.3, 0.4) is 0 Å². The molecule has 1 heterocycles. The number of carbonyl (C=O) groups is 1. The summed E-state index contributed by atoms with van der Waals surface area (Å²) >= 11 is 5.92. The molecule has 0 spiro atoms. The van der Waals surface area contributed by atoms with Crippen LogP contribution in [-0.2, 0) is 4.79 Å². The van der Waals surface area contributed by atoms with Crippen LogP contribution >= 0.6 is 11.6 Å². The van der Waals surface area contributed by atoms with E-state index >= 15 is 0 Å². The summed E-state index contributed by atoms with van der Waals surface area (Å²) in [5, 5.41) is 3.32. The summed E-state index contributed by atoms with van der Waals surface area (Å²) in [6.07, 6.45) is 2.85. The normalized spacial score (nSPS) is 11.8. The number of aromatic nitrogens is 2. The Hall–Kier alpha value is -2.99. The number of rotatable bonds is 5. The number of nitrogens with zero attached hydrogens (tertiary/aromatic N) is 2. The number of carbonyl (C=O) groups excluding carboxylic acids is 1. The van der Waals surface area contributed by atoms with Crippen LogP contribution in [0.1, 0.15) is 11.6 Å². The molecule has 2 aromatic carbocycles. The smallest absolute Gasteiger partial charge is 0.244 e. The highest BCUT2D eigenvalue weighted by Gasteiger charge is 2.18. The first kappa shape index (κ1) is 16.9. The quantitative estimate of drug-likeness (QED) is 0.732. The molecule has 7 heteroatoms. The molecule has 0 radical (unpaired) electrons. The average molecular weight is 357 g/mol. The van der Waals surface area contributed by atoms with Crippen molar-refractivity contribution in [1.29, 1.82) is 0 Å². The molecule has 5 nitrogen and oxygen atoms in total. The number of nitrogens with one attached hydrogen (secondary N) is 1. The Kier molecular flexibility index (Phi) is 4.90. The summed E-state index contributed by atoms with van der Waals surface area (Å²) in [4.78, 5) is 20.2. The second kappa shape index (κ2) is 7.27. The number of hydrogen-bond acceptors (Lipinski definition) is 4. The maximum absolute atomic E-state index is 14.0. The fourth-order valence-electron chi connectivity index (χ4n) is 2.37. The fourth-order valence-corrected chi connectivity index (χ4v) is 2.54. The molecule has 3 N–H and O–H groups in total. The number of hydrogen-bond donors (Lipinski definition) is 2. The van der Waals surface area contributed by atoms with Crippen molar-refractivity contribution in [1.82, 2.24) is 9.97 Å². The standard InChI is InChI=1S/C18H14ClFN4O/c19-12-6-7-14(20)13(8-12)15-9-22-10-16(23-15)24-17(18(21)25)11-4-2-1-3-5-11/h1-10,17H,(H2,21,25)(H,23,24).